The molecule has 6 nitrogen and oxygen atoms in total. The molecule has 0 saturated carbocycles. The topological polar surface area (TPSA) is 85.0 Å². The molecule has 0 bridgehead atoms. The first-order valence-electron chi connectivity index (χ1n) is 5.81. The average molecular weight is 248 g/mol. The van der Waals surface area contributed by atoms with Gasteiger partial charge in [-0.3, -0.25) is 9.69 Å². The van der Waals surface area contributed by atoms with Crippen molar-refractivity contribution < 1.29 is 19.4 Å². The molecule has 0 aliphatic heterocycles. The van der Waals surface area contributed by atoms with Crippen molar-refractivity contribution in [3.8, 4) is 0 Å². The number of methoxy groups -OCH3 is 1. The van der Waals surface area contributed by atoms with E-state index >= 15 is 0 Å². The highest BCUT2D eigenvalue weighted by atomic mass is 16.5. The average Bonchev–Trinajstić information content (AvgIpc) is 2.30. The molecule has 1 amide bonds. The van der Waals surface area contributed by atoms with Gasteiger partial charge >= 0.3 is 0 Å². The Bertz CT molecular complexity index is 214. The lowest BCUT2D eigenvalue weighted by atomic mass is 10.2. The van der Waals surface area contributed by atoms with Crippen LogP contribution < -0.4 is 5.73 Å². The van der Waals surface area contributed by atoms with Crippen molar-refractivity contribution in [1.82, 2.24) is 4.90 Å². The number of hydrogen-bond donors (Lipinski definition) is 2. The van der Waals surface area contributed by atoms with Crippen LogP contribution in [0.25, 0.3) is 0 Å². The maximum Gasteiger partial charge on any atom is 0.234 e. The zero-order chi connectivity index (χ0) is 13.3. The summed E-state index contributed by atoms with van der Waals surface area (Å²) in [5, 5.41) is 9.72. The number of nitrogens with two attached hydrogens (primary N) is 1. The van der Waals surface area contributed by atoms with E-state index in [4.69, 9.17) is 15.2 Å². The highest BCUT2D eigenvalue weighted by Crippen LogP contribution is 2.01. The predicted molar refractivity (Wildman–Crippen MR) is 64.6 cm³/mol. The normalized spacial score (nSPS) is 14.9. The molecule has 0 aliphatic rings. The van der Waals surface area contributed by atoms with Gasteiger partial charge in [-0.1, -0.05) is 0 Å². The lowest BCUT2D eigenvalue weighted by Crippen LogP contribution is -2.48. The Labute approximate surface area is 103 Å². The smallest absolute Gasteiger partial charge is 0.234 e. The Morgan fingerprint density at radius 3 is 2.65 bits per heavy atom. The Hall–Kier alpha value is -0.690. The molecule has 0 rings (SSSR count). The van der Waals surface area contributed by atoms with Crippen LogP contribution in [0.3, 0.4) is 0 Å². The van der Waals surface area contributed by atoms with Crippen LogP contribution in [0.1, 0.15) is 13.8 Å². The van der Waals surface area contributed by atoms with E-state index in [-0.39, 0.29) is 6.61 Å². The van der Waals surface area contributed by atoms with Gasteiger partial charge in [0.1, 0.15) is 0 Å². The number of primary amides is 1. The van der Waals surface area contributed by atoms with E-state index in [1.807, 2.05) is 6.92 Å². The second-order valence-electron chi connectivity index (χ2n) is 3.88. The maximum atomic E-state index is 11.1. The van der Waals surface area contributed by atoms with E-state index < -0.39 is 18.1 Å². The van der Waals surface area contributed by atoms with Gasteiger partial charge in [0.2, 0.25) is 5.91 Å². The van der Waals surface area contributed by atoms with Crippen LogP contribution >= 0.6 is 0 Å². The van der Waals surface area contributed by atoms with Gasteiger partial charge in [0.15, 0.2) is 0 Å². The van der Waals surface area contributed by atoms with Gasteiger partial charge in [0.25, 0.3) is 0 Å². The molecule has 0 saturated heterocycles. The summed E-state index contributed by atoms with van der Waals surface area (Å²) in [6.07, 6.45) is -0.631. The predicted octanol–water partition coefficient (Wildman–Crippen LogP) is -0.794. The van der Waals surface area contributed by atoms with Gasteiger partial charge < -0.3 is 20.3 Å². The van der Waals surface area contributed by atoms with Crippen molar-refractivity contribution in [2.75, 3.05) is 40.0 Å². The molecule has 3 N–H and O–H groups in total. The first-order valence-corrected chi connectivity index (χ1v) is 5.81. The molecule has 0 aliphatic carbocycles. The van der Waals surface area contributed by atoms with Crippen LogP contribution in [-0.2, 0) is 14.3 Å². The summed E-state index contributed by atoms with van der Waals surface area (Å²) in [7, 11) is 1.59. The van der Waals surface area contributed by atoms with Crippen molar-refractivity contribution >= 4 is 5.91 Å². The largest absolute Gasteiger partial charge is 0.389 e. The van der Waals surface area contributed by atoms with Gasteiger partial charge in [-0.2, -0.15) is 0 Å². The van der Waals surface area contributed by atoms with E-state index in [0.29, 0.717) is 26.3 Å². The van der Waals surface area contributed by atoms with Crippen LogP contribution in [0, 0.1) is 0 Å². The Morgan fingerprint density at radius 1 is 1.53 bits per heavy atom. The molecular weight excluding hydrogens is 224 g/mol. The second-order valence-corrected chi connectivity index (χ2v) is 3.88. The Balaban J connectivity index is 4.21. The molecule has 17 heavy (non-hydrogen) atoms. The number of hydrogen-bond acceptors (Lipinski definition) is 5. The fourth-order valence-electron chi connectivity index (χ4n) is 1.41. The minimum atomic E-state index is -0.631. The molecule has 2 unspecified atom stereocenters. The molecule has 6 heteroatoms. The third-order valence-electron chi connectivity index (χ3n) is 2.50. The summed E-state index contributed by atoms with van der Waals surface area (Å²) in [6, 6.07) is -0.429. The summed E-state index contributed by atoms with van der Waals surface area (Å²) < 4.78 is 10.1. The first kappa shape index (κ1) is 16.3. The minimum Gasteiger partial charge on any atom is -0.389 e. The molecule has 102 valence electrons. The van der Waals surface area contributed by atoms with Crippen LogP contribution in [0.5, 0.6) is 0 Å². The van der Waals surface area contributed by atoms with Crippen LogP contribution in [0.15, 0.2) is 0 Å². The van der Waals surface area contributed by atoms with Crippen molar-refractivity contribution in [1.29, 1.82) is 0 Å². The molecule has 0 heterocycles. The number of rotatable bonds is 10. The summed E-state index contributed by atoms with van der Waals surface area (Å²) in [4.78, 5) is 12.9. The standard InChI is InChI=1S/C11H24N2O4/c1-4-17-8-10(14)7-13(5-6-16-3)9(2)11(12)15/h9-10,14H,4-8H2,1-3H3,(H2,12,15). The zero-order valence-electron chi connectivity index (χ0n) is 10.9. The number of amides is 1. The maximum absolute atomic E-state index is 11.1. The fraction of sp³-hybridized carbons (Fsp3) is 0.909. The Morgan fingerprint density at radius 2 is 2.18 bits per heavy atom. The van der Waals surface area contributed by atoms with Crippen molar-refractivity contribution in [2.45, 2.75) is 26.0 Å². The first-order chi connectivity index (χ1) is 8.02. The van der Waals surface area contributed by atoms with E-state index in [1.54, 1.807) is 18.9 Å². The summed E-state index contributed by atoms with van der Waals surface area (Å²) in [5.41, 5.74) is 5.25. The molecular formula is C11H24N2O4. The molecule has 0 radical (unpaired) electrons. The van der Waals surface area contributed by atoms with Crippen molar-refractivity contribution in [2.24, 2.45) is 5.73 Å². The van der Waals surface area contributed by atoms with Gasteiger partial charge in [-0.15, -0.1) is 0 Å². The quantitative estimate of drug-likeness (QED) is 0.529. The van der Waals surface area contributed by atoms with E-state index in [1.165, 1.54) is 0 Å². The highest BCUT2D eigenvalue weighted by molar-refractivity contribution is 5.79. The second kappa shape index (κ2) is 9.35. The summed E-state index contributed by atoms with van der Waals surface area (Å²) in [5.74, 6) is -0.412. The SMILES string of the molecule is CCOCC(O)CN(CCOC)C(C)C(N)=O. The van der Waals surface area contributed by atoms with Crippen LogP contribution in [-0.4, -0.2) is 68.1 Å². The van der Waals surface area contributed by atoms with Crippen molar-refractivity contribution in [3.05, 3.63) is 0 Å². The van der Waals surface area contributed by atoms with Crippen LogP contribution in [0.2, 0.25) is 0 Å². The number of carbonyl (C=O) groups is 1. The number of aliphatic hydroxyl groups excluding tert-OH is 1. The minimum absolute atomic E-state index is 0.255. The van der Waals surface area contributed by atoms with Gasteiger partial charge in [0, 0.05) is 26.8 Å². The molecule has 2 atom stereocenters. The molecule has 0 aromatic carbocycles. The number of nitrogens with zero attached hydrogens (tertiary/aromatic N) is 1. The van der Waals surface area contributed by atoms with Crippen molar-refractivity contribution in [3.63, 3.8) is 0 Å². The molecule has 0 aromatic heterocycles. The number of aliphatic hydroxyl groups is 1. The number of ether oxygens (including phenoxy) is 2. The third-order valence-corrected chi connectivity index (χ3v) is 2.50. The van der Waals surface area contributed by atoms with Gasteiger partial charge in [-0.05, 0) is 13.8 Å². The zero-order valence-corrected chi connectivity index (χ0v) is 10.9. The van der Waals surface area contributed by atoms with Crippen LogP contribution in [0.4, 0.5) is 0 Å². The van der Waals surface area contributed by atoms with E-state index in [9.17, 15) is 9.90 Å². The van der Waals surface area contributed by atoms with E-state index in [0.717, 1.165) is 0 Å². The lowest BCUT2D eigenvalue weighted by molar-refractivity contribution is -0.123. The molecule has 0 aromatic rings. The van der Waals surface area contributed by atoms with E-state index in [2.05, 4.69) is 0 Å². The monoisotopic (exact) mass is 248 g/mol. The lowest BCUT2D eigenvalue weighted by Gasteiger charge is -2.28. The highest BCUT2D eigenvalue weighted by Gasteiger charge is 2.21. The summed E-state index contributed by atoms with van der Waals surface area (Å²) in [6.45, 7) is 5.76. The number of carbonyl (C=O) groups excluding carboxylic acids is 1. The Kier molecular flexibility index (Phi) is 8.97. The molecule has 0 fully saturated rings. The van der Waals surface area contributed by atoms with Gasteiger partial charge in [0.05, 0.1) is 25.4 Å². The third kappa shape index (κ3) is 7.27. The molecule has 0 spiro atoms. The fourth-order valence-corrected chi connectivity index (χ4v) is 1.41. The van der Waals surface area contributed by atoms with Gasteiger partial charge in [-0.25, -0.2) is 0 Å². The summed E-state index contributed by atoms with van der Waals surface area (Å²) >= 11 is 0.